The summed E-state index contributed by atoms with van der Waals surface area (Å²) < 4.78 is 13.6. The number of halogens is 1. The molecule has 0 atom stereocenters. The number of oxime groups is 1. The van der Waals surface area contributed by atoms with Crippen LogP contribution >= 0.6 is 0 Å². The molecule has 1 saturated heterocycles. The first-order chi connectivity index (χ1) is 9.99. The Morgan fingerprint density at radius 3 is 2.62 bits per heavy atom. The zero-order valence-electron chi connectivity index (χ0n) is 12.6. The molecule has 0 aromatic heterocycles. The number of nitrogens with zero attached hydrogens (tertiary/aromatic N) is 3. The van der Waals surface area contributed by atoms with E-state index >= 15 is 0 Å². The van der Waals surface area contributed by atoms with E-state index in [9.17, 15) is 4.39 Å². The van der Waals surface area contributed by atoms with E-state index in [1.54, 1.807) is 6.07 Å². The molecule has 0 amide bonds. The first-order valence-corrected chi connectivity index (χ1v) is 7.15. The van der Waals surface area contributed by atoms with Crippen molar-refractivity contribution in [3.8, 4) is 0 Å². The maximum Gasteiger partial charge on any atom is 0.170 e. The number of piperidine rings is 1. The van der Waals surface area contributed by atoms with Gasteiger partial charge in [0.05, 0.1) is 0 Å². The van der Waals surface area contributed by atoms with Crippen molar-refractivity contribution >= 4 is 5.84 Å². The lowest BCUT2D eigenvalue weighted by atomic mass is 10.0. The summed E-state index contributed by atoms with van der Waals surface area (Å²) in [6.07, 6.45) is 2.24. The lowest BCUT2D eigenvalue weighted by Crippen LogP contribution is -2.41. The monoisotopic (exact) mass is 294 g/mol. The van der Waals surface area contributed by atoms with Crippen molar-refractivity contribution in [3.63, 3.8) is 0 Å². The van der Waals surface area contributed by atoms with Gasteiger partial charge >= 0.3 is 0 Å². The van der Waals surface area contributed by atoms with Gasteiger partial charge in [-0.25, -0.2) is 4.39 Å². The molecular weight excluding hydrogens is 271 g/mol. The Morgan fingerprint density at radius 2 is 2.05 bits per heavy atom. The van der Waals surface area contributed by atoms with E-state index in [2.05, 4.69) is 29.1 Å². The number of benzene rings is 1. The summed E-state index contributed by atoms with van der Waals surface area (Å²) in [5.41, 5.74) is 6.79. The Bertz CT molecular complexity index is 510. The van der Waals surface area contributed by atoms with Crippen LogP contribution in [0.2, 0.25) is 0 Å². The number of hydrogen-bond donors (Lipinski definition) is 2. The fourth-order valence-electron chi connectivity index (χ4n) is 2.80. The second-order valence-corrected chi connectivity index (χ2v) is 5.80. The van der Waals surface area contributed by atoms with Gasteiger partial charge in [0, 0.05) is 18.2 Å². The SMILES string of the molecule is CN(C)C1CCN(Cc2cc(F)cc(/C(N)=N/O)c2)CC1. The quantitative estimate of drug-likeness (QED) is 0.382. The highest BCUT2D eigenvalue weighted by Crippen LogP contribution is 2.18. The van der Waals surface area contributed by atoms with Gasteiger partial charge in [-0.2, -0.15) is 0 Å². The predicted molar refractivity (Wildman–Crippen MR) is 80.9 cm³/mol. The van der Waals surface area contributed by atoms with Crippen LogP contribution in [0.4, 0.5) is 4.39 Å². The van der Waals surface area contributed by atoms with Gasteiger partial charge in [0.15, 0.2) is 5.84 Å². The summed E-state index contributed by atoms with van der Waals surface area (Å²) in [6, 6.07) is 5.18. The summed E-state index contributed by atoms with van der Waals surface area (Å²) in [4.78, 5) is 4.57. The number of amidine groups is 1. The van der Waals surface area contributed by atoms with Crippen molar-refractivity contribution in [1.82, 2.24) is 9.80 Å². The minimum atomic E-state index is -0.364. The van der Waals surface area contributed by atoms with E-state index in [-0.39, 0.29) is 11.7 Å². The lowest BCUT2D eigenvalue weighted by Gasteiger charge is -2.35. The summed E-state index contributed by atoms with van der Waals surface area (Å²) in [6.45, 7) is 2.68. The number of hydrogen-bond acceptors (Lipinski definition) is 4. The van der Waals surface area contributed by atoms with Gasteiger partial charge in [-0.15, -0.1) is 0 Å². The molecule has 1 aromatic carbocycles. The molecule has 3 N–H and O–H groups in total. The Morgan fingerprint density at radius 1 is 1.38 bits per heavy atom. The van der Waals surface area contributed by atoms with Crippen molar-refractivity contribution < 1.29 is 9.60 Å². The first-order valence-electron chi connectivity index (χ1n) is 7.15. The molecule has 0 radical (unpaired) electrons. The van der Waals surface area contributed by atoms with Crippen LogP contribution in [0.1, 0.15) is 24.0 Å². The molecule has 1 aliphatic rings. The molecule has 1 heterocycles. The van der Waals surface area contributed by atoms with Gasteiger partial charge in [-0.1, -0.05) is 5.16 Å². The first kappa shape index (κ1) is 15.7. The van der Waals surface area contributed by atoms with Gasteiger partial charge < -0.3 is 15.8 Å². The van der Waals surface area contributed by atoms with Crippen molar-refractivity contribution in [2.24, 2.45) is 10.9 Å². The van der Waals surface area contributed by atoms with E-state index in [0.29, 0.717) is 18.2 Å². The van der Waals surface area contributed by atoms with Crippen LogP contribution < -0.4 is 5.73 Å². The molecule has 0 bridgehead atoms. The van der Waals surface area contributed by atoms with E-state index < -0.39 is 0 Å². The average molecular weight is 294 g/mol. The molecule has 1 aliphatic heterocycles. The summed E-state index contributed by atoms with van der Waals surface area (Å²) >= 11 is 0. The summed E-state index contributed by atoms with van der Waals surface area (Å²) in [5, 5.41) is 11.6. The molecule has 116 valence electrons. The largest absolute Gasteiger partial charge is 0.409 e. The maximum atomic E-state index is 13.6. The molecule has 1 fully saturated rings. The molecular formula is C15H23FN4O. The van der Waals surface area contributed by atoms with Crippen molar-refractivity contribution in [1.29, 1.82) is 0 Å². The standard InChI is InChI=1S/C15H23FN4O/c1-19(2)14-3-5-20(6-4-14)10-11-7-12(15(17)18-21)9-13(16)8-11/h7-9,14,21H,3-6,10H2,1-2H3,(H2,17,18). The van der Waals surface area contributed by atoms with Crippen molar-refractivity contribution in [2.45, 2.75) is 25.4 Å². The van der Waals surface area contributed by atoms with E-state index in [1.807, 2.05) is 0 Å². The van der Waals surface area contributed by atoms with Crippen molar-refractivity contribution in [2.75, 3.05) is 27.2 Å². The minimum absolute atomic E-state index is 0.0675. The highest BCUT2D eigenvalue weighted by molar-refractivity contribution is 5.97. The average Bonchev–Trinajstić information content (AvgIpc) is 2.46. The van der Waals surface area contributed by atoms with Gasteiger partial charge in [0.25, 0.3) is 0 Å². The van der Waals surface area contributed by atoms with Gasteiger partial charge in [-0.05, 0) is 63.8 Å². The second-order valence-electron chi connectivity index (χ2n) is 5.80. The molecule has 6 heteroatoms. The smallest absolute Gasteiger partial charge is 0.170 e. The van der Waals surface area contributed by atoms with E-state index in [4.69, 9.17) is 10.9 Å². The number of nitrogens with two attached hydrogens (primary N) is 1. The van der Waals surface area contributed by atoms with Gasteiger partial charge in [0.2, 0.25) is 0 Å². The molecule has 0 unspecified atom stereocenters. The van der Waals surface area contributed by atoms with Gasteiger partial charge in [-0.3, -0.25) is 4.90 Å². The second kappa shape index (κ2) is 6.87. The Kier molecular flexibility index (Phi) is 5.14. The zero-order chi connectivity index (χ0) is 15.4. The summed E-state index contributed by atoms with van der Waals surface area (Å²) in [7, 11) is 4.21. The van der Waals surface area contributed by atoms with E-state index in [1.165, 1.54) is 12.1 Å². The van der Waals surface area contributed by atoms with Crippen LogP contribution in [0, 0.1) is 5.82 Å². The highest BCUT2D eigenvalue weighted by Gasteiger charge is 2.20. The van der Waals surface area contributed by atoms with E-state index in [0.717, 1.165) is 31.5 Å². The van der Waals surface area contributed by atoms with Crippen molar-refractivity contribution in [3.05, 3.63) is 35.1 Å². The molecule has 2 rings (SSSR count). The van der Waals surface area contributed by atoms with Crippen LogP contribution in [0.25, 0.3) is 0 Å². The highest BCUT2D eigenvalue weighted by atomic mass is 19.1. The van der Waals surface area contributed by atoms with Gasteiger partial charge in [0.1, 0.15) is 5.82 Å². The molecule has 0 saturated carbocycles. The molecule has 0 aliphatic carbocycles. The molecule has 0 spiro atoms. The maximum absolute atomic E-state index is 13.6. The third-order valence-corrected chi connectivity index (χ3v) is 4.05. The van der Waals surface area contributed by atoms with Crippen LogP contribution in [-0.2, 0) is 6.54 Å². The number of rotatable bonds is 4. The molecule has 1 aromatic rings. The Labute approximate surface area is 124 Å². The fourth-order valence-corrected chi connectivity index (χ4v) is 2.80. The minimum Gasteiger partial charge on any atom is -0.409 e. The summed E-state index contributed by atoms with van der Waals surface area (Å²) in [5.74, 6) is -0.431. The van der Waals surface area contributed by atoms with Crippen LogP contribution in [0.5, 0.6) is 0 Å². The third-order valence-electron chi connectivity index (χ3n) is 4.05. The normalized spacial score (nSPS) is 18.4. The molecule has 21 heavy (non-hydrogen) atoms. The predicted octanol–water partition coefficient (Wildman–Crippen LogP) is 1.45. The van der Waals surface area contributed by atoms with Crippen LogP contribution in [0.3, 0.4) is 0 Å². The zero-order valence-corrected chi connectivity index (χ0v) is 12.6. The third kappa shape index (κ3) is 4.15. The lowest BCUT2D eigenvalue weighted by molar-refractivity contribution is 0.140. The van der Waals surface area contributed by atoms with Crippen LogP contribution in [0.15, 0.2) is 23.4 Å². The Balaban J connectivity index is 2.02. The topological polar surface area (TPSA) is 65.1 Å². The fraction of sp³-hybridized carbons (Fsp3) is 0.533. The van der Waals surface area contributed by atoms with Crippen LogP contribution in [-0.4, -0.2) is 54.1 Å². The number of likely N-dealkylation sites (tertiary alicyclic amines) is 1. The Hall–Kier alpha value is -1.66. The molecule has 5 nitrogen and oxygen atoms in total.